The topological polar surface area (TPSA) is 29.5 Å². The van der Waals surface area contributed by atoms with Gasteiger partial charge in [-0.05, 0) is 74.4 Å². The lowest BCUT2D eigenvalue weighted by Crippen LogP contribution is -2.09. The molecule has 0 aliphatic rings. The Morgan fingerprint density at radius 3 is 2.28 bits per heavy atom. The third-order valence-electron chi connectivity index (χ3n) is 4.46. The predicted molar refractivity (Wildman–Crippen MR) is 100 cm³/mol. The first-order chi connectivity index (χ1) is 12.0. The molecule has 0 aliphatic carbocycles. The smallest absolute Gasteiger partial charge is 0.123 e. The SMILES string of the molecule is C=C(C)C(CCC(O)c1ccc(F)cc1)Cc1ccc(OCC)cc1. The summed E-state index contributed by atoms with van der Waals surface area (Å²) in [5.41, 5.74) is 3.09. The molecule has 2 atom stereocenters. The fourth-order valence-corrected chi connectivity index (χ4v) is 2.91. The summed E-state index contributed by atoms with van der Waals surface area (Å²) in [6, 6.07) is 14.2. The van der Waals surface area contributed by atoms with Gasteiger partial charge in [-0.2, -0.15) is 0 Å². The van der Waals surface area contributed by atoms with E-state index in [0.717, 1.165) is 29.7 Å². The molecule has 2 aromatic carbocycles. The average molecular weight is 342 g/mol. The Morgan fingerprint density at radius 2 is 1.72 bits per heavy atom. The van der Waals surface area contributed by atoms with Crippen molar-refractivity contribution in [3.8, 4) is 5.75 Å². The second-order valence-corrected chi connectivity index (χ2v) is 6.47. The number of aliphatic hydroxyl groups is 1. The lowest BCUT2D eigenvalue weighted by atomic mass is 9.87. The molecule has 1 N–H and O–H groups in total. The van der Waals surface area contributed by atoms with Gasteiger partial charge >= 0.3 is 0 Å². The Hall–Kier alpha value is -2.13. The Bertz CT molecular complexity index is 661. The predicted octanol–water partition coefficient (Wildman–Crippen LogP) is 5.47. The summed E-state index contributed by atoms with van der Waals surface area (Å²) in [5.74, 6) is 0.893. The highest BCUT2D eigenvalue weighted by molar-refractivity contribution is 5.28. The van der Waals surface area contributed by atoms with Gasteiger partial charge in [0.25, 0.3) is 0 Å². The van der Waals surface area contributed by atoms with Gasteiger partial charge in [-0.3, -0.25) is 0 Å². The maximum atomic E-state index is 13.0. The monoisotopic (exact) mass is 342 g/mol. The fourth-order valence-electron chi connectivity index (χ4n) is 2.91. The summed E-state index contributed by atoms with van der Waals surface area (Å²) in [5, 5.41) is 10.3. The van der Waals surface area contributed by atoms with Gasteiger partial charge in [0.05, 0.1) is 12.7 Å². The first-order valence-corrected chi connectivity index (χ1v) is 8.80. The molecule has 0 fully saturated rings. The Labute approximate surface area is 150 Å². The maximum Gasteiger partial charge on any atom is 0.123 e. The van der Waals surface area contributed by atoms with Crippen molar-refractivity contribution < 1.29 is 14.2 Å². The highest BCUT2D eigenvalue weighted by atomic mass is 19.1. The molecule has 0 aromatic heterocycles. The van der Waals surface area contributed by atoms with E-state index >= 15 is 0 Å². The molecule has 0 spiro atoms. The van der Waals surface area contributed by atoms with Crippen LogP contribution in [0.4, 0.5) is 4.39 Å². The first-order valence-electron chi connectivity index (χ1n) is 8.80. The number of ether oxygens (including phenoxy) is 1. The van der Waals surface area contributed by atoms with Gasteiger partial charge in [0.2, 0.25) is 0 Å². The van der Waals surface area contributed by atoms with E-state index in [4.69, 9.17) is 4.74 Å². The minimum absolute atomic E-state index is 0.286. The van der Waals surface area contributed by atoms with E-state index in [0.29, 0.717) is 18.9 Å². The van der Waals surface area contributed by atoms with Gasteiger partial charge in [0.15, 0.2) is 0 Å². The fraction of sp³-hybridized carbons (Fsp3) is 0.364. The third kappa shape index (κ3) is 6.02. The third-order valence-corrected chi connectivity index (χ3v) is 4.46. The maximum absolute atomic E-state index is 13.0. The largest absolute Gasteiger partial charge is 0.494 e. The van der Waals surface area contributed by atoms with Crippen molar-refractivity contribution in [2.45, 2.75) is 39.2 Å². The van der Waals surface area contributed by atoms with Crippen molar-refractivity contribution in [3.05, 3.63) is 77.6 Å². The van der Waals surface area contributed by atoms with Gasteiger partial charge in [-0.1, -0.05) is 36.4 Å². The molecule has 2 unspecified atom stereocenters. The van der Waals surface area contributed by atoms with Crippen LogP contribution in [0.2, 0.25) is 0 Å². The first kappa shape index (κ1) is 19.2. The van der Waals surface area contributed by atoms with Crippen LogP contribution >= 0.6 is 0 Å². The molecule has 3 heteroatoms. The van der Waals surface area contributed by atoms with Crippen LogP contribution in [0.5, 0.6) is 5.75 Å². The van der Waals surface area contributed by atoms with Crippen LogP contribution in [0.3, 0.4) is 0 Å². The lowest BCUT2D eigenvalue weighted by molar-refractivity contribution is 0.159. The number of hydrogen-bond acceptors (Lipinski definition) is 2. The zero-order valence-corrected chi connectivity index (χ0v) is 15.0. The van der Waals surface area contributed by atoms with Gasteiger partial charge in [-0.25, -0.2) is 4.39 Å². The van der Waals surface area contributed by atoms with Crippen molar-refractivity contribution >= 4 is 0 Å². The molecular weight excluding hydrogens is 315 g/mol. The Morgan fingerprint density at radius 1 is 1.08 bits per heavy atom. The van der Waals surface area contributed by atoms with Crippen molar-refractivity contribution in [1.82, 2.24) is 0 Å². The summed E-state index contributed by atoms with van der Waals surface area (Å²) in [4.78, 5) is 0. The Kier molecular flexibility index (Phi) is 7.20. The van der Waals surface area contributed by atoms with Crippen molar-refractivity contribution in [1.29, 1.82) is 0 Å². The van der Waals surface area contributed by atoms with Crippen LogP contribution in [-0.2, 0) is 6.42 Å². The summed E-state index contributed by atoms with van der Waals surface area (Å²) >= 11 is 0. The minimum Gasteiger partial charge on any atom is -0.494 e. The lowest BCUT2D eigenvalue weighted by Gasteiger charge is -2.20. The number of rotatable bonds is 9. The molecule has 0 heterocycles. The van der Waals surface area contributed by atoms with Crippen LogP contribution < -0.4 is 4.74 Å². The van der Waals surface area contributed by atoms with Crippen LogP contribution in [0, 0.1) is 11.7 Å². The molecule has 134 valence electrons. The van der Waals surface area contributed by atoms with E-state index in [1.165, 1.54) is 17.7 Å². The number of benzene rings is 2. The summed E-state index contributed by atoms with van der Waals surface area (Å²) in [6.07, 6.45) is 1.77. The van der Waals surface area contributed by atoms with Crippen LogP contribution in [-0.4, -0.2) is 11.7 Å². The zero-order valence-electron chi connectivity index (χ0n) is 15.0. The van der Waals surface area contributed by atoms with E-state index in [2.05, 4.69) is 18.7 Å². The number of aliphatic hydroxyl groups excluding tert-OH is 1. The van der Waals surface area contributed by atoms with Crippen LogP contribution in [0.15, 0.2) is 60.7 Å². The molecule has 2 aromatic rings. The molecule has 2 nitrogen and oxygen atoms in total. The molecule has 0 aliphatic heterocycles. The molecule has 25 heavy (non-hydrogen) atoms. The summed E-state index contributed by atoms with van der Waals surface area (Å²) in [7, 11) is 0. The second kappa shape index (κ2) is 9.38. The summed E-state index contributed by atoms with van der Waals surface area (Å²) in [6.45, 7) is 8.77. The summed E-state index contributed by atoms with van der Waals surface area (Å²) < 4.78 is 18.5. The van der Waals surface area contributed by atoms with Gasteiger partial charge in [0, 0.05) is 0 Å². The van der Waals surface area contributed by atoms with Crippen molar-refractivity contribution in [2.24, 2.45) is 5.92 Å². The minimum atomic E-state index is -0.581. The molecule has 0 bridgehead atoms. The van der Waals surface area contributed by atoms with Crippen molar-refractivity contribution in [2.75, 3.05) is 6.61 Å². The van der Waals surface area contributed by atoms with Gasteiger partial charge in [-0.15, -0.1) is 0 Å². The Balaban J connectivity index is 1.93. The van der Waals surface area contributed by atoms with Crippen LogP contribution in [0.1, 0.15) is 43.9 Å². The number of hydrogen-bond donors (Lipinski definition) is 1. The molecule has 0 amide bonds. The van der Waals surface area contributed by atoms with E-state index in [1.54, 1.807) is 12.1 Å². The van der Waals surface area contributed by atoms with E-state index in [1.807, 2.05) is 26.0 Å². The molecule has 0 saturated heterocycles. The van der Waals surface area contributed by atoms with Gasteiger partial charge < -0.3 is 9.84 Å². The molecular formula is C22H27FO2. The van der Waals surface area contributed by atoms with Gasteiger partial charge in [0.1, 0.15) is 11.6 Å². The number of halogens is 1. The van der Waals surface area contributed by atoms with E-state index < -0.39 is 6.10 Å². The van der Waals surface area contributed by atoms with Crippen molar-refractivity contribution in [3.63, 3.8) is 0 Å². The second-order valence-electron chi connectivity index (χ2n) is 6.47. The highest BCUT2D eigenvalue weighted by Crippen LogP contribution is 2.27. The standard InChI is InChI=1S/C22H27FO2/c1-4-25-21-12-5-17(6-13-21)15-19(16(2)3)9-14-22(24)18-7-10-20(23)11-8-18/h5-8,10-13,19,22,24H,2,4,9,14-15H2,1,3H3. The zero-order chi connectivity index (χ0) is 18.2. The van der Waals surface area contributed by atoms with E-state index in [-0.39, 0.29) is 5.82 Å². The highest BCUT2D eigenvalue weighted by Gasteiger charge is 2.15. The van der Waals surface area contributed by atoms with E-state index in [9.17, 15) is 9.50 Å². The number of allylic oxidation sites excluding steroid dienone is 1. The molecule has 0 saturated carbocycles. The quantitative estimate of drug-likeness (QED) is 0.612. The average Bonchev–Trinajstić information content (AvgIpc) is 2.60. The normalized spacial score (nSPS) is 13.3. The molecule has 0 radical (unpaired) electrons. The van der Waals surface area contributed by atoms with Crippen LogP contribution in [0.25, 0.3) is 0 Å². The molecule has 2 rings (SSSR count).